The van der Waals surface area contributed by atoms with Crippen molar-refractivity contribution in [3.8, 4) is 5.75 Å². The molecule has 1 unspecified atom stereocenters. The van der Waals surface area contributed by atoms with E-state index in [1.54, 1.807) is 0 Å². The fourth-order valence-electron chi connectivity index (χ4n) is 3.12. The molecule has 1 saturated heterocycles. The highest BCUT2D eigenvalue weighted by Gasteiger charge is 2.26. The number of ether oxygens (including phenoxy) is 1. The van der Waals surface area contributed by atoms with Crippen LogP contribution in [-0.2, 0) is 11.4 Å². The summed E-state index contributed by atoms with van der Waals surface area (Å²) >= 11 is 0. The summed E-state index contributed by atoms with van der Waals surface area (Å²) in [5, 5.41) is 0. The molecule has 2 aromatic rings. The Bertz CT molecular complexity index is 640. The van der Waals surface area contributed by atoms with Crippen LogP contribution in [0.2, 0.25) is 0 Å². The van der Waals surface area contributed by atoms with Crippen molar-refractivity contribution >= 4 is 5.91 Å². The average molecular weight is 310 g/mol. The topological polar surface area (TPSA) is 55.6 Å². The van der Waals surface area contributed by atoms with Gasteiger partial charge in [-0.25, -0.2) is 0 Å². The van der Waals surface area contributed by atoms with E-state index >= 15 is 0 Å². The largest absolute Gasteiger partial charge is 0.489 e. The van der Waals surface area contributed by atoms with Gasteiger partial charge in [-0.1, -0.05) is 42.5 Å². The van der Waals surface area contributed by atoms with E-state index in [-0.39, 0.29) is 11.9 Å². The van der Waals surface area contributed by atoms with E-state index in [4.69, 9.17) is 10.5 Å². The predicted molar refractivity (Wildman–Crippen MR) is 90.0 cm³/mol. The zero-order valence-electron chi connectivity index (χ0n) is 13.2. The minimum Gasteiger partial charge on any atom is -0.489 e. The minimum atomic E-state index is -0.264. The molecule has 3 rings (SSSR count). The van der Waals surface area contributed by atoms with Crippen LogP contribution in [0.15, 0.2) is 54.6 Å². The molecule has 1 fully saturated rings. The molecular formula is C19H22N2O2. The van der Waals surface area contributed by atoms with Crippen LogP contribution in [0.4, 0.5) is 0 Å². The summed E-state index contributed by atoms with van der Waals surface area (Å²) in [7, 11) is 0. The van der Waals surface area contributed by atoms with E-state index in [0.29, 0.717) is 13.2 Å². The molecule has 0 bridgehead atoms. The molecule has 120 valence electrons. The van der Waals surface area contributed by atoms with Crippen molar-refractivity contribution < 1.29 is 9.53 Å². The Morgan fingerprint density at radius 1 is 1.13 bits per heavy atom. The summed E-state index contributed by atoms with van der Waals surface area (Å²) in [5.41, 5.74) is 7.70. The van der Waals surface area contributed by atoms with Crippen molar-refractivity contribution in [2.45, 2.75) is 25.5 Å². The van der Waals surface area contributed by atoms with Crippen LogP contribution >= 0.6 is 0 Å². The standard InChI is InChI=1S/C19H22N2O2/c20-19(22)13-21-12-4-7-18(21)16-8-10-17(11-9-16)23-14-15-5-2-1-3-6-15/h1-3,5-6,8-11,18H,4,7,12-14H2,(H2,20,22). The van der Waals surface area contributed by atoms with E-state index in [1.165, 1.54) is 5.56 Å². The van der Waals surface area contributed by atoms with Gasteiger partial charge in [-0.05, 0) is 42.6 Å². The molecule has 2 N–H and O–H groups in total. The molecule has 23 heavy (non-hydrogen) atoms. The van der Waals surface area contributed by atoms with Gasteiger partial charge in [0.1, 0.15) is 12.4 Å². The number of rotatable bonds is 6. The van der Waals surface area contributed by atoms with Gasteiger partial charge in [0.15, 0.2) is 0 Å². The fourth-order valence-corrected chi connectivity index (χ4v) is 3.12. The van der Waals surface area contributed by atoms with Crippen molar-refractivity contribution in [2.75, 3.05) is 13.1 Å². The van der Waals surface area contributed by atoms with Crippen LogP contribution < -0.4 is 10.5 Å². The highest BCUT2D eigenvalue weighted by molar-refractivity contribution is 5.76. The lowest BCUT2D eigenvalue weighted by Crippen LogP contribution is -2.33. The second kappa shape index (κ2) is 7.29. The van der Waals surface area contributed by atoms with Crippen LogP contribution in [0.1, 0.15) is 30.0 Å². The zero-order chi connectivity index (χ0) is 16.1. The Morgan fingerprint density at radius 3 is 2.57 bits per heavy atom. The Hall–Kier alpha value is -2.33. The monoisotopic (exact) mass is 310 g/mol. The molecule has 1 atom stereocenters. The summed E-state index contributed by atoms with van der Waals surface area (Å²) in [5.74, 6) is 0.594. The average Bonchev–Trinajstić information content (AvgIpc) is 3.02. The van der Waals surface area contributed by atoms with Gasteiger partial charge < -0.3 is 10.5 Å². The number of carbonyl (C=O) groups excluding carboxylic acids is 1. The molecular weight excluding hydrogens is 288 g/mol. The number of carbonyl (C=O) groups is 1. The van der Waals surface area contributed by atoms with Gasteiger partial charge in [0.25, 0.3) is 0 Å². The number of primary amides is 1. The molecule has 0 aromatic heterocycles. The lowest BCUT2D eigenvalue weighted by atomic mass is 10.0. The maximum Gasteiger partial charge on any atom is 0.231 e. The zero-order valence-corrected chi connectivity index (χ0v) is 13.2. The third kappa shape index (κ3) is 4.11. The molecule has 2 aromatic carbocycles. The third-order valence-electron chi connectivity index (χ3n) is 4.24. The first-order valence-electron chi connectivity index (χ1n) is 8.01. The highest BCUT2D eigenvalue weighted by Crippen LogP contribution is 2.32. The number of likely N-dealkylation sites (tertiary alicyclic amines) is 1. The highest BCUT2D eigenvalue weighted by atomic mass is 16.5. The maximum atomic E-state index is 11.2. The Labute approximate surface area is 136 Å². The summed E-state index contributed by atoms with van der Waals surface area (Å²) in [6.07, 6.45) is 2.17. The SMILES string of the molecule is NC(=O)CN1CCCC1c1ccc(OCc2ccccc2)cc1. The Morgan fingerprint density at radius 2 is 1.87 bits per heavy atom. The van der Waals surface area contributed by atoms with E-state index in [2.05, 4.69) is 29.2 Å². The fraction of sp³-hybridized carbons (Fsp3) is 0.316. The number of hydrogen-bond donors (Lipinski definition) is 1. The normalized spacial score (nSPS) is 18.0. The lowest BCUT2D eigenvalue weighted by molar-refractivity contribution is -0.119. The van der Waals surface area contributed by atoms with Gasteiger partial charge in [-0.2, -0.15) is 0 Å². The first kappa shape index (κ1) is 15.6. The van der Waals surface area contributed by atoms with Crippen molar-refractivity contribution in [1.82, 2.24) is 4.90 Å². The quantitative estimate of drug-likeness (QED) is 0.892. The van der Waals surface area contributed by atoms with E-state index in [1.807, 2.05) is 30.3 Å². The first-order valence-corrected chi connectivity index (χ1v) is 8.01. The van der Waals surface area contributed by atoms with Gasteiger partial charge in [-0.15, -0.1) is 0 Å². The Balaban J connectivity index is 1.61. The number of amides is 1. The summed E-state index contributed by atoms with van der Waals surface area (Å²) in [6.45, 7) is 1.83. The predicted octanol–water partition coefficient (Wildman–Crippen LogP) is 2.89. The molecule has 1 aliphatic heterocycles. The Kier molecular flexibility index (Phi) is 4.93. The minimum absolute atomic E-state index is 0.264. The molecule has 1 aliphatic rings. The number of nitrogens with zero attached hydrogens (tertiary/aromatic N) is 1. The third-order valence-corrected chi connectivity index (χ3v) is 4.24. The molecule has 4 heteroatoms. The number of benzene rings is 2. The van der Waals surface area contributed by atoms with Crippen LogP contribution in [0.5, 0.6) is 5.75 Å². The van der Waals surface area contributed by atoms with Crippen molar-refractivity contribution in [3.05, 3.63) is 65.7 Å². The smallest absolute Gasteiger partial charge is 0.231 e. The van der Waals surface area contributed by atoms with Gasteiger partial charge in [-0.3, -0.25) is 9.69 Å². The summed E-state index contributed by atoms with van der Waals surface area (Å²) < 4.78 is 5.81. The summed E-state index contributed by atoms with van der Waals surface area (Å²) in [4.78, 5) is 13.3. The van der Waals surface area contributed by atoms with Crippen molar-refractivity contribution in [2.24, 2.45) is 5.73 Å². The van der Waals surface area contributed by atoms with Crippen molar-refractivity contribution in [3.63, 3.8) is 0 Å². The number of hydrogen-bond acceptors (Lipinski definition) is 3. The molecule has 0 saturated carbocycles. The second-order valence-corrected chi connectivity index (χ2v) is 5.94. The van der Waals surface area contributed by atoms with Gasteiger partial charge in [0, 0.05) is 6.04 Å². The molecule has 0 radical (unpaired) electrons. The van der Waals surface area contributed by atoms with E-state index in [0.717, 1.165) is 30.7 Å². The maximum absolute atomic E-state index is 11.2. The van der Waals surface area contributed by atoms with Gasteiger partial charge in [0.2, 0.25) is 5.91 Å². The van der Waals surface area contributed by atoms with Crippen LogP contribution in [0.3, 0.4) is 0 Å². The number of nitrogens with two attached hydrogens (primary N) is 1. The molecule has 1 amide bonds. The van der Waals surface area contributed by atoms with Crippen LogP contribution in [0.25, 0.3) is 0 Å². The molecule has 4 nitrogen and oxygen atoms in total. The van der Waals surface area contributed by atoms with E-state index in [9.17, 15) is 4.79 Å². The van der Waals surface area contributed by atoms with Crippen LogP contribution in [0, 0.1) is 0 Å². The van der Waals surface area contributed by atoms with E-state index < -0.39 is 0 Å². The van der Waals surface area contributed by atoms with Gasteiger partial charge >= 0.3 is 0 Å². The lowest BCUT2D eigenvalue weighted by Gasteiger charge is -2.23. The summed E-state index contributed by atoms with van der Waals surface area (Å²) in [6, 6.07) is 18.6. The first-order chi connectivity index (χ1) is 11.2. The van der Waals surface area contributed by atoms with Crippen molar-refractivity contribution in [1.29, 1.82) is 0 Å². The second-order valence-electron chi connectivity index (χ2n) is 5.94. The molecule has 1 heterocycles. The van der Waals surface area contributed by atoms with Crippen LogP contribution in [-0.4, -0.2) is 23.9 Å². The van der Waals surface area contributed by atoms with Gasteiger partial charge in [0.05, 0.1) is 6.54 Å². The molecule has 0 aliphatic carbocycles. The molecule has 0 spiro atoms.